The third-order valence-electron chi connectivity index (χ3n) is 7.12. The molecule has 0 spiro atoms. The van der Waals surface area contributed by atoms with Crippen LogP contribution in [0.1, 0.15) is 85.8 Å². The van der Waals surface area contributed by atoms with E-state index in [0.717, 1.165) is 0 Å². The van der Waals surface area contributed by atoms with Crippen molar-refractivity contribution in [1.82, 2.24) is 0 Å². The van der Waals surface area contributed by atoms with Crippen molar-refractivity contribution >= 4 is 52.3 Å². The Kier molecular flexibility index (Phi) is 5.47. The van der Waals surface area contributed by atoms with Gasteiger partial charge in [0, 0.05) is 19.5 Å². The second kappa shape index (κ2) is 7.82. The lowest BCUT2D eigenvalue weighted by Gasteiger charge is -2.25. The van der Waals surface area contributed by atoms with E-state index in [0.29, 0.717) is 17.1 Å². The maximum atomic E-state index is 2.56. The predicted octanol–water partition coefficient (Wildman–Crippen LogP) is 7.43. The van der Waals surface area contributed by atoms with Gasteiger partial charge in [0.05, 0.1) is 14.0 Å². The maximum absolute atomic E-state index is 2.56. The lowest BCUT2D eigenvalue weighted by Crippen LogP contribution is -2.22. The van der Waals surface area contributed by atoms with Crippen LogP contribution in [0.25, 0.3) is 16.8 Å². The van der Waals surface area contributed by atoms with Gasteiger partial charge in [-0.05, 0) is 82.7 Å². The van der Waals surface area contributed by atoms with Crippen molar-refractivity contribution in [3.63, 3.8) is 0 Å². The van der Waals surface area contributed by atoms with Crippen LogP contribution >= 0.6 is 21.8 Å². The normalized spacial score (nSPS) is 21.7. The molecule has 0 nitrogen and oxygen atoms in total. The Morgan fingerprint density at radius 2 is 1.66 bits per heavy atom. The molecule has 1 aromatic heterocycles. The van der Waals surface area contributed by atoms with Crippen molar-refractivity contribution in [3.8, 4) is 0 Å². The smallest absolute Gasteiger partial charge is 0.0826 e. The van der Waals surface area contributed by atoms with Crippen LogP contribution in [0.3, 0.4) is 0 Å². The van der Waals surface area contributed by atoms with Crippen LogP contribution in [0.15, 0.2) is 34.8 Å². The van der Waals surface area contributed by atoms with Crippen LogP contribution < -0.4 is 9.75 Å². The van der Waals surface area contributed by atoms with E-state index in [1.54, 1.807) is 36.2 Å². The Balaban J connectivity index is 1.81. The van der Waals surface area contributed by atoms with E-state index in [2.05, 4.69) is 91.9 Å². The van der Waals surface area contributed by atoms with E-state index in [1.807, 2.05) is 11.3 Å². The van der Waals surface area contributed by atoms with Gasteiger partial charge in [0.25, 0.3) is 0 Å². The highest BCUT2D eigenvalue weighted by atomic mass is 32.2. The molecule has 2 heterocycles. The molecule has 32 heavy (non-hydrogen) atoms. The summed E-state index contributed by atoms with van der Waals surface area (Å²) in [5.74, 6) is 1.11. The Bertz CT molecular complexity index is 1370. The first-order chi connectivity index (χ1) is 15.1. The van der Waals surface area contributed by atoms with Crippen LogP contribution in [0.2, 0.25) is 13.1 Å². The Morgan fingerprint density at radius 1 is 0.938 bits per heavy atom. The molecule has 2 unspecified atom stereocenters. The SMILES string of the molecule is CC1=Cc2c(C(C)C)cc(C(C)C)cc2C1S1=C2C(=c3cc(C)sc3=C2[Si](C)C)C=C1C. The highest BCUT2D eigenvalue weighted by Gasteiger charge is 2.37. The standard InChI is InChI=1S/C29H35S2Si/c1-15(2)20-13-21(16(3)4)22-10-17(5)27(25(22)14-20)31-19(7)12-24-23-11-18(6)30-26(23)29(28(24)31)32(8)9/h10-16,27H,1-9H3. The van der Waals surface area contributed by atoms with Gasteiger partial charge in [-0.3, -0.25) is 0 Å². The summed E-state index contributed by atoms with van der Waals surface area (Å²) < 4.78 is 1.59. The molecule has 167 valence electrons. The quantitative estimate of drug-likeness (QED) is 0.319. The second-order valence-corrected chi connectivity index (χ2v) is 16.5. The van der Waals surface area contributed by atoms with Gasteiger partial charge in [-0.25, -0.2) is 0 Å². The highest BCUT2D eigenvalue weighted by molar-refractivity contribution is 8.21. The molecule has 2 aliphatic carbocycles. The molecule has 0 N–H and O–H groups in total. The van der Waals surface area contributed by atoms with Gasteiger partial charge >= 0.3 is 0 Å². The molecule has 0 saturated heterocycles. The van der Waals surface area contributed by atoms with Crippen LogP contribution in [0.5, 0.6) is 0 Å². The molecule has 0 bridgehead atoms. The van der Waals surface area contributed by atoms with Crippen LogP contribution in [0, 0.1) is 6.92 Å². The molecule has 5 rings (SSSR count). The van der Waals surface area contributed by atoms with Crippen molar-refractivity contribution in [2.24, 2.45) is 0 Å². The highest BCUT2D eigenvalue weighted by Crippen LogP contribution is 2.57. The van der Waals surface area contributed by atoms with Gasteiger partial charge in [-0.15, -0.1) is 21.8 Å². The summed E-state index contributed by atoms with van der Waals surface area (Å²) in [7, 11) is -0.443. The molecule has 0 fully saturated rings. The second-order valence-electron chi connectivity index (χ2n) is 10.5. The molecule has 3 aliphatic rings. The van der Waals surface area contributed by atoms with Gasteiger partial charge in [0.2, 0.25) is 0 Å². The van der Waals surface area contributed by atoms with Crippen molar-refractivity contribution < 1.29 is 0 Å². The lowest BCUT2D eigenvalue weighted by atomic mass is 9.89. The number of rotatable bonds is 4. The first-order valence-corrected chi connectivity index (χ1v) is 16.5. The number of benzene rings is 1. The zero-order chi connectivity index (χ0) is 23.1. The molecular weight excluding hydrogens is 441 g/mol. The fraction of sp³-hybridized carbons (Fsp3) is 0.414. The van der Waals surface area contributed by atoms with E-state index in [9.17, 15) is 0 Å². The summed E-state index contributed by atoms with van der Waals surface area (Å²) in [6.45, 7) is 21.4. The van der Waals surface area contributed by atoms with Crippen molar-refractivity contribution in [1.29, 1.82) is 0 Å². The van der Waals surface area contributed by atoms with Crippen LogP contribution in [-0.2, 0) is 0 Å². The summed E-state index contributed by atoms with van der Waals surface area (Å²) in [5.41, 5.74) is 9.25. The van der Waals surface area contributed by atoms with Crippen molar-refractivity contribution in [2.75, 3.05) is 0 Å². The van der Waals surface area contributed by atoms with E-state index in [1.165, 1.54) is 26.8 Å². The zero-order valence-corrected chi connectivity index (χ0v) is 23.6. The van der Waals surface area contributed by atoms with Crippen LogP contribution in [-0.4, -0.2) is 13.7 Å². The molecule has 1 radical (unpaired) electrons. The number of allylic oxidation sites excluding steroid dienone is 2. The van der Waals surface area contributed by atoms with E-state index in [4.69, 9.17) is 0 Å². The summed E-state index contributed by atoms with van der Waals surface area (Å²) in [4.78, 5) is 4.73. The molecule has 1 aromatic carbocycles. The Labute approximate surface area is 202 Å². The summed E-state index contributed by atoms with van der Waals surface area (Å²) >= 11 is 2.02. The third kappa shape index (κ3) is 3.19. The fourth-order valence-corrected chi connectivity index (χ4v) is 12.3. The van der Waals surface area contributed by atoms with E-state index >= 15 is 0 Å². The molecule has 2 aromatic rings. The van der Waals surface area contributed by atoms with Gasteiger partial charge in [0.1, 0.15) is 0 Å². The van der Waals surface area contributed by atoms with E-state index < -0.39 is 8.80 Å². The Hall–Kier alpha value is -1.42. The minimum atomic E-state index is -0.561. The topological polar surface area (TPSA) is 0 Å². The first kappa shape index (κ1) is 22.4. The zero-order valence-electron chi connectivity index (χ0n) is 20.9. The largest absolute Gasteiger partial charge is 0.141 e. The number of hydrogen-bond acceptors (Lipinski definition) is 1. The minimum Gasteiger partial charge on any atom is -0.141 e. The van der Waals surface area contributed by atoms with Gasteiger partial charge in [-0.2, -0.15) is 0 Å². The number of aryl methyl sites for hydroxylation is 1. The number of hydrogen-bond donors (Lipinski definition) is 0. The van der Waals surface area contributed by atoms with Gasteiger partial charge < -0.3 is 0 Å². The molecule has 2 atom stereocenters. The summed E-state index contributed by atoms with van der Waals surface area (Å²) in [6.07, 6.45) is 5.07. The molecule has 0 amide bonds. The number of thiophene rings is 1. The van der Waals surface area contributed by atoms with E-state index in [-0.39, 0.29) is 10.5 Å². The average molecular weight is 476 g/mol. The molecule has 1 aliphatic heterocycles. The Morgan fingerprint density at radius 3 is 2.28 bits per heavy atom. The lowest BCUT2D eigenvalue weighted by molar-refractivity contribution is 0.828. The number of fused-ring (bicyclic) bond motifs is 3. The predicted molar refractivity (Wildman–Crippen MR) is 150 cm³/mol. The third-order valence-corrected chi connectivity index (χ3v) is 12.8. The fourth-order valence-electron chi connectivity index (χ4n) is 5.60. The van der Waals surface area contributed by atoms with Crippen LogP contribution in [0.4, 0.5) is 0 Å². The molecule has 0 saturated carbocycles. The molecule has 3 heteroatoms. The molecular formula is C29H35S2Si. The minimum absolute atomic E-state index is 0.118. The average Bonchev–Trinajstić information content (AvgIpc) is 3.39. The summed E-state index contributed by atoms with van der Waals surface area (Å²) in [6, 6.07) is 7.49. The van der Waals surface area contributed by atoms with Gasteiger partial charge in [-0.1, -0.05) is 64.6 Å². The monoisotopic (exact) mass is 475 g/mol. The first-order valence-electron chi connectivity index (χ1n) is 11.9. The maximum Gasteiger partial charge on any atom is 0.0826 e. The summed E-state index contributed by atoms with van der Waals surface area (Å²) in [5, 5.41) is 3.74. The van der Waals surface area contributed by atoms with Crippen molar-refractivity contribution in [2.45, 2.75) is 78.6 Å². The van der Waals surface area contributed by atoms with Crippen molar-refractivity contribution in [3.05, 3.63) is 71.6 Å². The van der Waals surface area contributed by atoms with Gasteiger partial charge in [0.15, 0.2) is 0 Å².